The van der Waals surface area contributed by atoms with E-state index in [9.17, 15) is 0 Å². The summed E-state index contributed by atoms with van der Waals surface area (Å²) in [4.78, 5) is 0. The standard InChI is InChI=1S/C11H17Br/c1-6-7-11(10(5)12)9(4)8(2)3/h6-9H,1,5H2,2-4H3/b11-7-. The van der Waals surface area contributed by atoms with Gasteiger partial charge in [0.2, 0.25) is 0 Å². The fourth-order valence-electron chi connectivity index (χ4n) is 0.975. The van der Waals surface area contributed by atoms with Crippen LogP contribution < -0.4 is 0 Å². The molecule has 0 saturated carbocycles. The highest BCUT2D eigenvalue weighted by molar-refractivity contribution is 9.11. The van der Waals surface area contributed by atoms with Crippen molar-refractivity contribution in [1.82, 2.24) is 0 Å². The van der Waals surface area contributed by atoms with Crippen molar-refractivity contribution >= 4 is 15.9 Å². The summed E-state index contributed by atoms with van der Waals surface area (Å²) in [6.45, 7) is 14.2. The molecule has 0 aliphatic carbocycles. The van der Waals surface area contributed by atoms with Crippen LogP contribution in [0.1, 0.15) is 20.8 Å². The van der Waals surface area contributed by atoms with E-state index in [2.05, 4.69) is 49.9 Å². The van der Waals surface area contributed by atoms with Gasteiger partial charge in [0.05, 0.1) is 0 Å². The molecule has 0 N–H and O–H groups in total. The highest BCUT2D eigenvalue weighted by Gasteiger charge is 2.13. The predicted molar refractivity (Wildman–Crippen MR) is 60.3 cm³/mol. The van der Waals surface area contributed by atoms with Gasteiger partial charge in [-0.25, -0.2) is 0 Å². The first-order valence-electron chi connectivity index (χ1n) is 4.18. The predicted octanol–water partition coefficient (Wildman–Crippen LogP) is 4.30. The fourth-order valence-corrected chi connectivity index (χ4v) is 1.47. The zero-order valence-electron chi connectivity index (χ0n) is 8.10. The van der Waals surface area contributed by atoms with Gasteiger partial charge in [0, 0.05) is 4.48 Å². The first kappa shape index (κ1) is 11.7. The van der Waals surface area contributed by atoms with Crippen LogP contribution in [0.3, 0.4) is 0 Å². The molecule has 0 fully saturated rings. The summed E-state index contributed by atoms with van der Waals surface area (Å²) in [5, 5.41) is 0. The summed E-state index contributed by atoms with van der Waals surface area (Å²) < 4.78 is 0.962. The van der Waals surface area contributed by atoms with Crippen molar-refractivity contribution in [2.24, 2.45) is 11.8 Å². The number of halogens is 1. The lowest BCUT2D eigenvalue weighted by Crippen LogP contribution is -2.07. The van der Waals surface area contributed by atoms with Gasteiger partial charge in [0.15, 0.2) is 0 Å². The van der Waals surface area contributed by atoms with Crippen molar-refractivity contribution in [2.45, 2.75) is 20.8 Å². The minimum Gasteiger partial charge on any atom is -0.0991 e. The third-order valence-corrected chi connectivity index (χ3v) is 2.56. The first-order valence-corrected chi connectivity index (χ1v) is 4.97. The van der Waals surface area contributed by atoms with Gasteiger partial charge in [-0.15, -0.1) is 0 Å². The van der Waals surface area contributed by atoms with Crippen LogP contribution in [0, 0.1) is 11.8 Å². The molecule has 68 valence electrons. The minimum atomic E-state index is 0.523. The molecule has 0 aromatic heterocycles. The Bertz CT molecular complexity index is 199. The van der Waals surface area contributed by atoms with Crippen molar-refractivity contribution in [3.8, 4) is 0 Å². The van der Waals surface area contributed by atoms with Crippen LogP contribution >= 0.6 is 15.9 Å². The second-order valence-corrected chi connectivity index (χ2v) is 4.25. The Morgan fingerprint density at radius 1 is 1.33 bits per heavy atom. The average molecular weight is 229 g/mol. The van der Waals surface area contributed by atoms with Gasteiger partial charge in [0.1, 0.15) is 0 Å². The van der Waals surface area contributed by atoms with Gasteiger partial charge in [-0.3, -0.25) is 0 Å². The van der Waals surface area contributed by atoms with E-state index in [-0.39, 0.29) is 0 Å². The molecule has 0 radical (unpaired) electrons. The van der Waals surface area contributed by atoms with Crippen molar-refractivity contribution < 1.29 is 0 Å². The van der Waals surface area contributed by atoms with Crippen LogP contribution in [0.25, 0.3) is 0 Å². The van der Waals surface area contributed by atoms with Crippen molar-refractivity contribution in [3.05, 3.63) is 35.4 Å². The molecule has 0 aliphatic heterocycles. The third kappa shape index (κ3) is 3.40. The summed E-state index contributed by atoms with van der Waals surface area (Å²) in [5.74, 6) is 1.15. The molecule has 12 heavy (non-hydrogen) atoms. The molecular formula is C11H17Br. The van der Waals surface area contributed by atoms with E-state index < -0.39 is 0 Å². The van der Waals surface area contributed by atoms with Crippen LogP contribution in [0.2, 0.25) is 0 Å². The Morgan fingerprint density at radius 2 is 1.83 bits per heavy atom. The summed E-state index contributed by atoms with van der Waals surface area (Å²) in [6, 6.07) is 0. The van der Waals surface area contributed by atoms with Crippen molar-refractivity contribution in [2.75, 3.05) is 0 Å². The lowest BCUT2D eigenvalue weighted by atomic mass is 9.90. The van der Waals surface area contributed by atoms with E-state index in [1.165, 1.54) is 5.57 Å². The second-order valence-electron chi connectivity index (χ2n) is 3.30. The van der Waals surface area contributed by atoms with E-state index in [0.29, 0.717) is 11.8 Å². The Hall–Kier alpha value is -0.300. The molecule has 0 amide bonds. The maximum Gasteiger partial charge on any atom is 0.0138 e. The van der Waals surface area contributed by atoms with Crippen LogP contribution in [-0.4, -0.2) is 0 Å². The SMILES string of the molecule is C=C/C=C(\C(=C)Br)C(C)C(C)C. The van der Waals surface area contributed by atoms with Gasteiger partial charge >= 0.3 is 0 Å². The maximum absolute atomic E-state index is 3.88. The molecule has 0 aliphatic rings. The van der Waals surface area contributed by atoms with Crippen LogP contribution in [0.15, 0.2) is 35.4 Å². The van der Waals surface area contributed by atoms with E-state index in [0.717, 1.165) is 4.48 Å². The highest BCUT2D eigenvalue weighted by Crippen LogP contribution is 2.28. The quantitative estimate of drug-likeness (QED) is 0.630. The van der Waals surface area contributed by atoms with E-state index in [1.807, 2.05) is 6.08 Å². The minimum absolute atomic E-state index is 0.523. The molecule has 0 bridgehead atoms. The summed E-state index contributed by atoms with van der Waals surface area (Å²) in [5.41, 5.74) is 1.24. The summed E-state index contributed by atoms with van der Waals surface area (Å²) in [6.07, 6.45) is 3.82. The van der Waals surface area contributed by atoms with Gasteiger partial charge in [0.25, 0.3) is 0 Å². The van der Waals surface area contributed by atoms with E-state index >= 15 is 0 Å². The number of hydrogen-bond acceptors (Lipinski definition) is 0. The molecule has 0 rings (SSSR count). The maximum atomic E-state index is 3.88. The topological polar surface area (TPSA) is 0 Å². The Labute approximate surface area is 84.2 Å². The zero-order chi connectivity index (χ0) is 9.72. The van der Waals surface area contributed by atoms with Crippen molar-refractivity contribution in [1.29, 1.82) is 0 Å². The summed E-state index contributed by atoms with van der Waals surface area (Å²) in [7, 11) is 0. The smallest absolute Gasteiger partial charge is 0.0138 e. The molecule has 0 aromatic rings. The number of allylic oxidation sites excluding steroid dienone is 4. The number of hydrogen-bond donors (Lipinski definition) is 0. The van der Waals surface area contributed by atoms with Gasteiger partial charge in [-0.05, 0) is 17.4 Å². The Morgan fingerprint density at radius 3 is 2.08 bits per heavy atom. The van der Waals surface area contributed by atoms with Gasteiger partial charge in [-0.1, -0.05) is 62.0 Å². The lowest BCUT2D eigenvalue weighted by Gasteiger charge is -2.18. The Kier molecular flexibility index (Phi) is 5.23. The molecule has 1 atom stereocenters. The van der Waals surface area contributed by atoms with Crippen LogP contribution in [0.5, 0.6) is 0 Å². The average Bonchev–Trinajstić information content (AvgIpc) is 1.98. The molecule has 0 heterocycles. The molecule has 0 aromatic carbocycles. The van der Waals surface area contributed by atoms with Crippen molar-refractivity contribution in [3.63, 3.8) is 0 Å². The molecular weight excluding hydrogens is 212 g/mol. The normalized spacial score (nSPS) is 14.6. The lowest BCUT2D eigenvalue weighted by molar-refractivity contribution is 0.487. The fraction of sp³-hybridized carbons (Fsp3) is 0.455. The highest BCUT2D eigenvalue weighted by atomic mass is 79.9. The van der Waals surface area contributed by atoms with E-state index in [1.54, 1.807) is 6.08 Å². The second kappa shape index (κ2) is 5.36. The molecule has 0 saturated heterocycles. The summed E-state index contributed by atoms with van der Waals surface area (Å²) >= 11 is 3.40. The molecule has 0 spiro atoms. The van der Waals surface area contributed by atoms with Gasteiger partial charge < -0.3 is 0 Å². The van der Waals surface area contributed by atoms with Crippen LogP contribution in [-0.2, 0) is 0 Å². The van der Waals surface area contributed by atoms with Crippen LogP contribution in [0.4, 0.5) is 0 Å². The van der Waals surface area contributed by atoms with Gasteiger partial charge in [-0.2, -0.15) is 0 Å². The molecule has 1 unspecified atom stereocenters. The monoisotopic (exact) mass is 228 g/mol. The zero-order valence-corrected chi connectivity index (χ0v) is 9.69. The Balaban J connectivity index is 4.63. The molecule has 1 heteroatoms. The largest absolute Gasteiger partial charge is 0.0991 e. The first-order chi connectivity index (χ1) is 5.50. The molecule has 0 nitrogen and oxygen atoms in total. The van der Waals surface area contributed by atoms with E-state index in [4.69, 9.17) is 0 Å². The number of rotatable bonds is 4. The third-order valence-electron chi connectivity index (χ3n) is 2.10.